The first-order valence-corrected chi connectivity index (χ1v) is 7.02. The predicted molar refractivity (Wildman–Crippen MR) is 61.2 cm³/mol. The lowest BCUT2D eigenvalue weighted by Crippen LogP contribution is -2.34. The Morgan fingerprint density at radius 2 is 1.71 bits per heavy atom. The molecule has 1 heterocycles. The van der Waals surface area contributed by atoms with E-state index in [0.29, 0.717) is 0 Å². The van der Waals surface area contributed by atoms with Crippen molar-refractivity contribution in [2.75, 3.05) is 11.5 Å². The molecule has 1 saturated heterocycles. The monoisotopic (exact) mass is 209 g/mol. The zero-order chi connectivity index (χ0) is 9.86. The topological polar surface area (TPSA) is 23.8 Å². The van der Waals surface area contributed by atoms with E-state index in [1.807, 2.05) is 11.8 Å². The molecule has 0 unspecified atom stereocenters. The number of hydrogen-bond acceptors (Lipinski definition) is 2. The number of rotatable bonds is 1. The molecule has 2 rings (SSSR count). The Kier molecular flexibility index (Phi) is 3.38. The molecule has 2 aliphatic rings. The first kappa shape index (κ1) is 10.4. The van der Waals surface area contributed by atoms with E-state index in [1.54, 1.807) is 0 Å². The van der Waals surface area contributed by atoms with Crippen LogP contribution in [0.3, 0.4) is 0 Å². The lowest BCUT2D eigenvalue weighted by Gasteiger charge is -2.39. The van der Waals surface area contributed by atoms with Gasteiger partial charge in [0.2, 0.25) is 0 Å². The average Bonchev–Trinajstić information content (AvgIpc) is 2.31. The Labute approximate surface area is 91.3 Å². The minimum atomic E-state index is 0.0751. The van der Waals surface area contributed by atoms with E-state index in [-0.39, 0.29) is 5.41 Å². The average molecular weight is 209 g/mol. The Hall–Kier alpha value is -0.160. The molecule has 0 amide bonds. The molecule has 0 atom stereocenters. The van der Waals surface area contributed by atoms with E-state index in [4.69, 9.17) is 0 Å². The summed E-state index contributed by atoms with van der Waals surface area (Å²) < 4.78 is 0. The van der Waals surface area contributed by atoms with Crippen molar-refractivity contribution in [1.82, 2.24) is 0 Å². The molecule has 1 aliphatic carbocycles. The molecule has 78 valence electrons. The van der Waals surface area contributed by atoms with E-state index in [2.05, 4.69) is 6.07 Å². The minimum Gasteiger partial charge on any atom is -0.198 e. The van der Waals surface area contributed by atoms with Gasteiger partial charge in [-0.2, -0.15) is 17.0 Å². The molecule has 0 aromatic heterocycles. The molecule has 0 aromatic rings. The fourth-order valence-electron chi connectivity index (χ4n) is 3.00. The third-order valence-corrected chi connectivity index (χ3v) is 4.98. The van der Waals surface area contributed by atoms with Crippen molar-refractivity contribution in [3.63, 3.8) is 0 Å². The van der Waals surface area contributed by atoms with Crippen LogP contribution in [0.15, 0.2) is 0 Å². The van der Waals surface area contributed by atoms with Gasteiger partial charge in [-0.3, -0.25) is 0 Å². The van der Waals surface area contributed by atoms with E-state index >= 15 is 0 Å². The van der Waals surface area contributed by atoms with Crippen LogP contribution in [0.5, 0.6) is 0 Å². The van der Waals surface area contributed by atoms with Gasteiger partial charge in [0.15, 0.2) is 0 Å². The van der Waals surface area contributed by atoms with Crippen molar-refractivity contribution in [3.05, 3.63) is 0 Å². The fraction of sp³-hybridized carbons (Fsp3) is 0.917. The maximum atomic E-state index is 9.43. The smallest absolute Gasteiger partial charge is 0.0693 e. The molecular formula is C12H19NS. The summed E-state index contributed by atoms with van der Waals surface area (Å²) in [5, 5.41) is 9.43. The SMILES string of the molecule is N#CC1(C2CCCCC2)CCSCC1. The third-order valence-electron chi connectivity index (χ3n) is 3.99. The molecule has 2 heteroatoms. The first-order chi connectivity index (χ1) is 6.87. The van der Waals surface area contributed by atoms with Crippen LogP contribution in [-0.2, 0) is 0 Å². The zero-order valence-corrected chi connectivity index (χ0v) is 9.61. The van der Waals surface area contributed by atoms with Crippen molar-refractivity contribution < 1.29 is 0 Å². The highest BCUT2D eigenvalue weighted by atomic mass is 32.2. The molecular weight excluding hydrogens is 190 g/mol. The van der Waals surface area contributed by atoms with Crippen molar-refractivity contribution in [1.29, 1.82) is 5.26 Å². The van der Waals surface area contributed by atoms with Gasteiger partial charge in [0.05, 0.1) is 11.5 Å². The largest absolute Gasteiger partial charge is 0.198 e. The quantitative estimate of drug-likeness (QED) is 0.659. The molecule has 1 aliphatic heterocycles. The molecule has 1 saturated carbocycles. The van der Waals surface area contributed by atoms with E-state index < -0.39 is 0 Å². The van der Waals surface area contributed by atoms with Crippen LogP contribution in [0, 0.1) is 22.7 Å². The lowest BCUT2D eigenvalue weighted by atomic mass is 9.66. The van der Waals surface area contributed by atoms with Gasteiger partial charge in [-0.25, -0.2) is 0 Å². The van der Waals surface area contributed by atoms with Gasteiger partial charge in [0.1, 0.15) is 0 Å². The van der Waals surface area contributed by atoms with Crippen molar-refractivity contribution in [2.24, 2.45) is 11.3 Å². The summed E-state index contributed by atoms with van der Waals surface area (Å²) in [7, 11) is 0. The number of nitrogens with zero attached hydrogens (tertiary/aromatic N) is 1. The van der Waals surface area contributed by atoms with Gasteiger partial charge in [0, 0.05) is 0 Å². The second-order valence-electron chi connectivity index (χ2n) is 4.72. The number of thioether (sulfide) groups is 1. The number of hydrogen-bond donors (Lipinski definition) is 0. The molecule has 14 heavy (non-hydrogen) atoms. The molecule has 1 nitrogen and oxygen atoms in total. The van der Waals surface area contributed by atoms with E-state index in [1.165, 1.54) is 43.6 Å². The Balaban J connectivity index is 2.06. The van der Waals surface area contributed by atoms with Crippen LogP contribution in [0.25, 0.3) is 0 Å². The second kappa shape index (κ2) is 4.57. The standard InChI is InChI=1S/C12H19NS/c13-10-12(6-8-14-9-7-12)11-4-2-1-3-5-11/h11H,1-9H2. The maximum absolute atomic E-state index is 9.43. The highest BCUT2D eigenvalue weighted by molar-refractivity contribution is 7.99. The van der Waals surface area contributed by atoms with Crippen molar-refractivity contribution >= 4 is 11.8 Å². The summed E-state index contributed by atoms with van der Waals surface area (Å²) in [6, 6.07) is 2.67. The summed E-state index contributed by atoms with van der Waals surface area (Å²) in [6.07, 6.45) is 9.06. The molecule has 0 radical (unpaired) electrons. The van der Waals surface area contributed by atoms with Gasteiger partial charge >= 0.3 is 0 Å². The summed E-state index contributed by atoms with van der Waals surface area (Å²) in [4.78, 5) is 0. The second-order valence-corrected chi connectivity index (χ2v) is 5.94. The molecule has 0 N–H and O–H groups in total. The van der Waals surface area contributed by atoms with Crippen LogP contribution in [0.2, 0.25) is 0 Å². The van der Waals surface area contributed by atoms with Crippen LogP contribution < -0.4 is 0 Å². The van der Waals surface area contributed by atoms with Crippen LogP contribution in [-0.4, -0.2) is 11.5 Å². The first-order valence-electron chi connectivity index (χ1n) is 5.86. The van der Waals surface area contributed by atoms with Gasteiger partial charge < -0.3 is 0 Å². The van der Waals surface area contributed by atoms with E-state index in [9.17, 15) is 5.26 Å². The van der Waals surface area contributed by atoms with Crippen LogP contribution >= 0.6 is 11.8 Å². The summed E-state index contributed by atoms with van der Waals surface area (Å²) >= 11 is 2.03. The van der Waals surface area contributed by atoms with Crippen LogP contribution in [0.4, 0.5) is 0 Å². The Morgan fingerprint density at radius 1 is 1.07 bits per heavy atom. The zero-order valence-electron chi connectivity index (χ0n) is 8.80. The summed E-state index contributed by atoms with van der Waals surface area (Å²) in [6.45, 7) is 0. The molecule has 0 bridgehead atoms. The molecule has 2 fully saturated rings. The minimum absolute atomic E-state index is 0.0751. The highest BCUT2D eigenvalue weighted by Gasteiger charge is 2.40. The fourth-order valence-corrected chi connectivity index (χ4v) is 4.22. The van der Waals surface area contributed by atoms with Gasteiger partial charge in [0.25, 0.3) is 0 Å². The van der Waals surface area contributed by atoms with Gasteiger partial charge in [-0.05, 0) is 43.1 Å². The van der Waals surface area contributed by atoms with E-state index in [0.717, 1.165) is 18.8 Å². The normalized spacial score (nSPS) is 28.2. The summed E-state index contributed by atoms with van der Waals surface area (Å²) in [5.41, 5.74) is 0.0751. The number of nitriles is 1. The summed E-state index contributed by atoms with van der Waals surface area (Å²) in [5.74, 6) is 3.15. The Bertz CT molecular complexity index is 219. The molecule has 0 spiro atoms. The van der Waals surface area contributed by atoms with Gasteiger partial charge in [-0.15, -0.1) is 0 Å². The molecule has 0 aromatic carbocycles. The van der Waals surface area contributed by atoms with Crippen molar-refractivity contribution in [2.45, 2.75) is 44.9 Å². The maximum Gasteiger partial charge on any atom is 0.0693 e. The van der Waals surface area contributed by atoms with Gasteiger partial charge in [-0.1, -0.05) is 19.3 Å². The lowest BCUT2D eigenvalue weighted by molar-refractivity contribution is 0.165. The highest BCUT2D eigenvalue weighted by Crippen LogP contribution is 2.46. The Morgan fingerprint density at radius 3 is 2.29 bits per heavy atom. The predicted octanol–water partition coefficient (Wildman–Crippen LogP) is 3.60. The van der Waals surface area contributed by atoms with Crippen LogP contribution in [0.1, 0.15) is 44.9 Å². The third kappa shape index (κ3) is 1.93. The van der Waals surface area contributed by atoms with Crippen molar-refractivity contribution in [3.8, 4) is 6.07 Å².